The maximum absolute atomic E-state index is 12.4. The van der Waals surface area contributed by atoms with E-state index in [1.807, 2.05) is 19.1 Å². The fraction of sp³-hybridized carbons (Fsp3) is 0.133. The van der Waals surface area contributed by atoms with Crippen LogP contribution in [0.4, 0.5) is 0 Å². The van der Waals surface area contributed by atoms with Gasteiger partial charge in [0, 0.05) is 15.6 Å². The summed E-state index contributed by atoms with van der Waals surface area (Å²) in [5.74, 6) is 0.488. The zero-order valence-electron chi connectivity index (χ0n) is 10.5. The van der Waals surface area contributed by atoms with Crippen LogP contribution in [0.3, 0.4) is 0 Å². The topological polar surface area (TPSA) is 26.3 Å². The van der Waals surface area contributed by atoms with E-state index in [1.54, 1.807) is 31.4 Å². The summed E-state index contributed by atoms with van der Waals surface area (Å²) in [7, 11) is 1.54. The van der Waals surface area contributed by atoms with E-state index in [2.05, 4.69) is 15.9 Å². The fourth-order valence-electron chi connectivity index (χ4n) is 1.79. The molecule has 0 atom stereocenters. The van der Waals surface area contributed by atoms with Crippen LogP contribution in [0.25, 0.3) is 0 Å². The lowest BCUT2D eigenvalue weighted by Crippen LogP contribution is -2.03. The van der Waals surface area contributed by atoms with E-state index >= 15 is 0 Å². The Balaban J connectivity index is 2.44. The van der Waals surface area contributed by atoms with Gasteiger partial charge in [0.1, 0.15) is 5.75 Å². The molecule has 0 amide bonds. The minimum Gasteiger partial charge on any atom is -0.495 e. The third-order valence-corrected chi connectivity index (χ3v) is 4.20. The zero-order chi connectivity index (χ0) is 14.0. The molecule has 2 aromatic carbocycles. The standard InChI is InChI=1S/C15H12BrClO2/c1-9-4-3-5-11(14(9)16)15(18)10-6-7-13(19-2)12(17)8-10/h3-8H,1-2H3. The summed E-state index contributed by atoms with van der Waals surface area (Å²) in [5.41, 5.74) is 2.18. The molecule has 0 saturated carbocycles. The highest BCUT2D eigenvalue weighted by Gasteiger charge is 2.15. The Labute approximate surface area is 125 Å². The second-order valence-electron chi connectivity index (χ2n) is 4.11. The van der Waals surface area contributed by atoms with Crippen LogP contribution < -0.4 is 4.74 Å². The molecule has 0 spiro atoms. The third kappa shape index (κ3) is 2.82. The van der Waals surface area contributed by atoms with Crippen LogP contribution in [0, 0.1) is 6.92 Å². The fourth-order valence-corrected chi connectivity index (χ4v) is 2.49. The summed E-state index contributed by atoms with van der Waals surface area (Å²) in [4.78, 5) is 12.4. The Kier molecular flexibility index (Phi) is 4.27. The SMILES string of the molecule is COc1ccc(C(=O)c2cccc(C)c2Br)cc1Cl. The van der Waals surface area contributed by atoms with Crippen LogP contribution in [-0.4, -0.2) is 12.9 Å². The number of benzene rings is 2. The number of ether oxygens (including phenoxy) is 1. The number of hydrogen-bond acceptors (Lipinski definition) is 2. The van der Waals surface area contributed by atoms with Crippen molar-refractivity contribution in [3.05, 3.63) is 62.6 Å². The van der Waals surface area contributed by atoms with Gasteiger partial charge in [0.2, 0.25) is 0 Å². The molecule has 2 nitrogen and oxygen atoms in total. The van der Waals surface area contributed by atoms with Crippen LogP contribution in [0.15, 0.2) is 40.9 Å². The summed E-state index contributed by atoms with van der Waals surface area (Å²) in [6, 6.07) is 10.6. The number of halogens is 2. The van der Waals surface area contributed by atoms with Crippen molar-refractivity contribution in [2.45, 2.75) is 6.92 Å². The number of aryl methyl sites for hydroxylation is 1. The van der Waals surface area contributed by atoms with E-state index in [9.17, 15) is 4.79 Å². The summed E-state index contributed by atoms with van der Waals surface area (Å²) in [5, 5.41) is 0.428. The van der Waals surface area contributed by atoms with Crippen molar-refractivity contribution >= 4 is 33.3 Å². The van der Waals surface area contributed by atoms with Gasteiger partial charge in [0.05, 0.1) is 12.1 Å². The van der Waals surface area contributed by atoms with Gasteiger partial charge >= 0.3 is 0 Å². The lowest BCUT2D eigenvalue weighted by molar-refractivity contribution is 0.103. The van der Waals surface area contributed by atoms with Gasteiger partial charge < -0.3 is 4.74 Å². The van der Waals surface area contributed by atoms with E-state index in [0.717, 1.165) is 10.0 Å². The number of carbonyl (C=O) groups excluding carboxylic acids is 1. The largest absolute Gasteiger partial charge is 0.495 e. The summed E-state index contributed by atoms with van der Waals surface area (Å²) in [6.45, 7) is 1.95. The lowest BCUT2D eigenvalue weighted by Gasteiger charge is -2.08. The molecule has 0 N–H and O–H groups in total. The van der Waals surface area contributed by atoms with E-state index in [1.165, 1.54) is 0 Å². The number of hydrogen-bond donors (Lipinski definition) is 0. The monoisotopic (exact) mass is 338 g/mol. The molecule has 0 aromatic heterocycles. The normalized spacial score (nSPS) is 10.3. The van der Waals surface area contributed by atoms with Crippen LogP contribution in [0.2, 0.25) is 5.02 Å². The maximum Gasteiger partial charge on any atom is 0.194 e. The average Bonchev–Trinajstić information content (AvgIpc) is 2.41. The predicted octanol–water partition coefficient (Wildman–Crippen LogP) is 4.65. The van der Waals surface area contributed by atoms with Crippen molar-refractivity contribution in [2.24, 2.45) is 0 Å². The van der Waals surface area contributed by atoms with Crippen molar-refractivity contribution < 1.29 is 9.53 Å². The Hall–Kier alpha value is -1.32. The van der Waals surface area contributed by atoms with Gasteiger partial charge in [-0.15, -0.1) is 0 Å². The van der Waals surface area contributed by atoms with Crippen molar-refractivity contribution in [2.75, 3.05) is 7.11 Å². The molecule has 0 aliphatic heterocycles. The Morgan fingerprint density at radius 2 is 2.00 bits per heavy atom. The van der Waals surface area contributed by atoms with E-state index < -0.39 is 0 Å². The Bertz CT molecular complexity index is 638. The third-order valence-electron chi connectivity index (χ3n) is 2.85. The average molecular weight is 340 g/mol. The lowest BCUT2D eigenvalue weighted by atomic mass is 10.0. The Morgan fingerprint density at radius 3 is 2.63 bits per heavy atom. The smallest absolute Gasteiger partial charge is 0.194 e. The number of rotatable bonds is 3. The van der Waals surface area contributed by atoms with Gasteiger partial charge in [0.15, 0.2) is 5.78 Å². The van der Waals surface area contributed by atoms with Crippen LogP contribution in [-0.2, 0) is 0 Å². The molecule has 0 aliphatic rings. The molecule has 0 heterocycles. The molecular weight excluding hydrogens is 328 g/mol. The zero-order valence-corrected chi connectivity index (χ0v) is 12.9. The maximum atomic E-state index is 12.4. The van der Waals surface area contributed by atoms with Crippen LogP contribution >= 0.6 is 27.5 Å². The highest BCUT2D eigenvalue weighted by Crippen LogP contribution is 2.28. The summed E-state index contributed by atoms with van der Waals surface area (Å²) < 4.78 is 5.89. The molecule has 2 rings (SSSR count). The van der Waals surface area contributed by atoms with Gasteiger partial charge in [-0.2, -0.15) is 0 Å². The predicted molar refractivity (Wildman–Crippen MR) is 80.3 cm³/mol. The molecule has 98 valence electrons. The molecule has 0 aliphatic carbocycles. The van der Waals surface area contributed by atoms with Gasteiger partial charge in [0.25, 0.3) is 0 Å². The van der Waals surface area contributed by atoms with Gasteiger partial charge in [-0.25, -0.2) is 0 Å². The highest BCUT2D eigenvalue weighted by molar-refractivity contribution is 9.10. The quantitative estimate of drug-likeness (QED) is 0.761. The number of methoxy groups -OCH3 is 1. The molecule has 0 radical (unpaired) electrons. The van der Waals surface area contributed by atoms with Gasteiger partial charge in [-0.05, 0) is 52.7 Å². The van der Waals surface area contributed by atoms with E-state index in [0.29, 0.717) is 21.9 Å². The van der Waals surface area contributed by atoms with Crippen molar-refractivity contribution in [1.29, 1.82) is 0 Å². The molecule has 0 fully saturated rings. The molecule has 19 heavy (non-hydrogen) atoms. The van der Waals surface area contributed by atoms with Crippen molar-refractivity contribution in [3.63, 3.8) is 0 Å². The molecule has 2 aromatic rings. The van der Waals surface area contributed by atoms with Crippen LogP contribution in [0.5, 0.6) is 5.75 Å². The molecule has 0 bridgehead atoms. The second kappa shape index (κ2) is 5.76. The number of ketones is 1. The number of carbonyl (C=O) groups is 1. The van der Waals surface area contributed by atoms with Gasteiger partial charge in [-0.3, -0.25) is 4.79 Å². The molecular formula is C15H12BrClO2. The first-order valence-corrected chi connectivity index (χ1v) is 6.85. The van der Waals surface area contributed by atoms with Crippen molar-refractivity contribution in [1.82, 2.24) is 0 Å². The van der Waals surface area contributed by atoms with Crippen LogP contribution in [0.1, 0.15) is 21.5 Å². The minimum absolute atomic E-state index is 0.0693. The highest BCUT2D eigenvalue weighted by atomic mass is 79.9. The summed E-state index contributed by atoms with van der Waals surface area (Å²) >= 11 is 9.49. The minimum atomic E-state index is -0.0693. The summed E-state index contributed by atoms with van der Waals surface area (Å²) in [6.07, 6.45) is 0. The Morgan fingerprint density at radius 1 is 1.26 bits per heavy atom. The molecule has 4 heteroatoms. The first-order valence-electron chi connectivity index (χ1n) is 5.68. The van der Waals surface area contributed by atoms with Gasteiger partial charge in [-0.1, -0.05) is 23.7 Å². The first-order chi connectivity index (χ1) is 9.04. The molecule has 0 unspecified atom stereocenters. The molecule has 0 saturated heterocycles. The first kappa shape index (κ1) is 14.1. The van der Waals surface area contributed by atoms with E-state index in [-0.39, 0.29) is 5.78 Å². The second-order valence-corrected chi connectivity index (χ2v) is 5.32. The van der Waals surface area contributed by atoms with E-state index in [4.69, 9.17) is 16.3 Å². The van der Waals surface area contributed by atoms with Crippen molar-refractivity contribution in [3.8, 4) is 5.75 Å².